The molecule has 1 heterocycles. The molecular formula is C15H15BrN2O3S. The number of thiophene rings is 1. The van der Waals surface area contributed by atoms with Crippen LogP contribution >= 0.6 is 27.3 Å². The third-order valence-corrected chi connectivity index (χ3v) is 4.37. The molecule has 1 aromatic heterocycles. The zero-order valence-electron chi connectivity index (χ0n) is 12.1. The minimum atomic E-state index is -0.157. The zero-order chi connectivity index (χ0) is 15.9. The van der Waals surface area contributed by atoms with E-state index < -0.39 is 0 Å². The fourth-order valence-electron chi connectivity index (χ4n) is 1.75. The van der Waals surface area contributed by atoms with Gasteiger partial charge in [0.15, 0.2) is 11.5 Å². The second-order valence-corrected chi connectivity index (χ2v) is 6.16. The number of amides is 1. The number of rotatable bonds is 6. The molecule has 0 radical (unpaired) electrons. The fraction of sp³-hybridized carbons (Fsp3) is 0.200. The van der Waals surface area contributed by atoms with Crippen molar-refractivity contribution in [3.05, 3.63) is 44.6 Å². The molecule has 116 valence electrons. The molecule has 0 atom stereocenters. The molecule has 0 bridgehead atoms. The number of hydrazone groups is 1. The number of nitrogens with zero attached hydrogens (tertiary/aromatic N) is 1. The summed E-state index contributed by atoms with van der Waals surface area (Å²) in [5, 5.41) is 5.90. The van der Waals surface area contributed by atoms with Gasteiger partial charge >= 0.3 is 0 Å². The van der Waals surface area contributed by atoms with Crippen LogP contribution in [-0.2, 0) is 11.2 Å². The lowest BCUT2D eigenvalue weighted by atomic mass is 10.2. The highest BCUT2D eigenvalue weighted by Crippen LogP contribution is 2.32. The molecule has 1 aromatic carbocycles. The summed E-state index contributed by atoms with van der Waals surface area (Å²) in [5.74, 6) is 1.06. The molecule has 0 aliphatic rings. The summed E-state index contributed by atoms with van der Waals surface area (Å²) in [6.45, 7) is 0. The van der Waals surface area contributed by atoms with E-state index in [9.17, 15) is 4.79 Å². The Hall–Kier alpha value is -1.86. The standard InChI is InChI=1S/C15H15BrN2O3S/c1-20-13-6-10(12(16)8-14(13)21-2)9-17-18-15(19)7-11-4-3-5-22-11/h3-6,8-9H,7H2,1-2H3,(H,18,19)/b17-9-. The number of carbonyl (C=O) groups excluding carboxylic acids is 1. The van der Waals surface area contributed by atoms with Gasteiger partial charge in [-0.15, -0.1) is 11.3 Å². The number of benzene rings is 1. The van der Waals surface area contributed by atoms with E-state index in [1.54, 1.807) is 43.9 Å². The van der Waals surface area contributed by atoms with Crippen LogP contribution in [0.1, 0.15) is 10.4 Å². The van der Waals surface area contributed by atoms with Gasteiger partial charge in [0.25, 0.3) is 0 Å². The van der Waals surface area contributed by atoms with Crippen LogP contribution < -0.4 is 14.9 Å². The van der Waals surface area contributed by atoms with Crippen LogP contribution in [0, 0.1) is 0 Å². The second-order valence-electron chi connectivity index (χ2n) is 4.28. The van der Waals surface area contributed by atoms with Crippen molar-refractivity contribution in [1.82, 2.24) is 5.43 Å². The van der Waals surface area contributed by atoms with Crippen molar-refractivity contribution >= 4 is 39.4 Å². The van der Waals surface area contributed by atoms with Gasteiger partial charge in [0, 0.05) is 14.9 Å². The van der Waals surface area contributed by atoms with Gasteiger partial charge in [-0.3, -0.25) is 4.79 Å². The molecule has 7 heteroatoms. The van der Waals surface area contributed by atoms with E-state index in [-0.39, 0.29) is 5.91 Å². The Morgan fingerprint density at radius 2 is 2.09 bits per heavy atom. The summed E-state index contributed by atoms with van der Waals surface area (Å²) >= 11 is 4.97. The fourth-order valence-corrected chi connectivity index (χ4v) is 2.88. The summed E-state index contributed by atoms with van der Waals surface area (Å²) < 4.78 is 11.2. The maximum absolute atomic E-state index is 11.7. The van der Waals surface area contributed by atoms with Gasteiger partial charge in [-0.2, -0.15) is 5.10 Å². The molecule has 2 rings (SSSR count). The van der Waals surface area contributed by atoms with E-state index in [0.29, 0.717) is 17.9 Å². The first kappa shape index (κ1) is 16.5. The third kappa shape index (κ3) is 4.32. The topological polar surface area (TPSA) is 59.9 Å². The van der Waals surface area contributed by atoms with Gasteiger partial charge in [-0.05, 0) is 39.5 Å². The molecule has 0 unspecified atom stereocenters. The summed E-state index contributed by atoms with van der Waals surface area (Å²) in [6.07, 6.45) is 1.88. The van der Waals surface area contributed by atoms with Gasteiger partial charge in [0.2, 0.25) is 5.91 Å². The van der Waals surface area contributed by atoms with Gasteiger partial charge in [0.05, 0.1) is 26.9 Å². The number of nitrogens with one attached hydrogen (secondary N) is 1. The molecule has 0 spiro atoms. The molecule has 0 saturated heterocycles. The molecule has 0 fully saturated rings. The SMILES string of the molecule is COc1cc(Br)c(/C=N\NC(=O)Cc2cccs2)cc1OC. The highest BCUT2D eigenvalue weighted by molar-refractivity contribution is 9.10. The lowest BCUT2D eigenvalue weighted by Crippen LogP contribution is -2.19. The maximum Gasteiger partial charge on any atom is 0.245 e. The van der Waals surface area contributed by atoms with E-state index >= 15 is 0 Å². The number of carbonyl (C=O) groups is 1. The molecular weight excluding hydrogens is 368 g/mol. The van der Waals surface area contributed by atoms with Crippen LogP contribution in [0.5, 0.6) is 11.5 Å². The number of methoxy groups -OCH3 is 2. The highest BCUT2D eigenvalue weighted by Gasteiger charge is 2.08. The van der Waals surface area contributed by atoms with Crippen molar-refractivity contribution in [2.45, 2.75) is 6.42 Å². The molecule has 0 aliphatic heterocycles. The Kier molecular flexibility index (Phi) is 5.97. The van der Waals surface area contributed by atoms with E-state index in [1.807, 2.05) is 17.5 Å². The van der Waals surface area contributed by atoms with Crippen LogP contribution in [-0.4, -0.2) is 26.3 Å². The molecule has 22 heavy (non-hydrogen) atoms. The van der Waals surface area contributed by atoms with Crippen LogP contribution in [0.25, 0.3) is 0 Å². The van der Waals surface area contributed by atoms with E-state index in [1.165, 1.54) is 0 Å². The van der Waals surface area contributed by atoms with Gasteiger partial charge in [0.1, 0.15) is 0 Å². The average molecular weight is 383 g/mol. The minimum absolute atomic E-state index is 0.157. The number of halogens is 1. The van der Waals surface area contributed by atoms with Gasteiger partial charge < -0.3 is 9.47 Å². The first-order valence-corrected chi connectivity index (χ1v) is 8.07. The average Bonchev–Trinajstić information content (AvgIpc) is 3.01. The largest absolute Gasteiger partial charge is 0.493 e. The van der Waals surface area contributed by atoms with Crippen molar-refractivity contribution < 1.29 is 14.3 Å². The molecule has 5 nitrogen and oxygen atoms in total. The lowest BCUT2D eigenvalue weighted by Gasteiger charge is -2.09. The Morgan fingerprint density at radius 1 is 1.36 bits per heavy atom. The monoisotopic (exact) mass is 382 g/mol. The van der Waals surface area contributed by atoms with Crippen molar-refractivity contribution in [1.29, 1.82) is 0 Å². The predicted molar refractivity (Wildman–Crippen MR) is 91.0 cm³/mol. The number of hydrogen-bond acceptors (Lipinski definition) is 5. The van der Waals surface area contributed by atoms with Crippen LogP contribution in [0.3, 0.4) is 0 Å². The summed E-state index contributed by atoms with van der Waals surface area (Å²) in [7, 11) is 3.14. The van der Waals surface area contributed by atoms with Crippen molar-refractivity contribution in [3.63, 3.8) is 0 Å². The van der Waals surface area contributed by atoms with Gasteiger partial charge in [-0.1, -0.05) is 6.07 Å². The van der Waals surface area contributed by atoms with E-state index in [4.69, 9.17) is 9.47 Å². The van der Waals surface area contributed by atoms with Crippen LogP contribution in [0.2, 0.25) is 0 Å². The van der Waals surface area contributed by atoms with Crippen molar-refractivity contribution in [2.75, 3.05) is 14.2 Å². The first-order chi connectivity index (χ1) is 10.6. The third-order valence-electron chi connectivity index (χ3n) is 2.81. The second kappa shape index (κ2) is 7.95. The Balaban J connectivity index is 2.02. The molecule has 2 aromatic rings. The molecule has 0 aliphatic carbocycles. The predicted octanol–water partition coefficient (Wildman–Crippen LogP) is 3.22. The highest BCUT2D eigenvalue weighted by atomic mass is 79.9. The van der Waals surface area contributed by atoms with E-state index in [0.717, 1.165) is 14.9 Å². The summed E-state index contributed by atoms with van der Waals surface area (Å²) in [6, 6.07) is 7.39. The zero-order valence-corrected chi connectivity index (χ0v) is 14.5. The van der Waals surface area contributed by atoms with Gasteiger partial charge in [-0.25, -0.2) is 5.43 Å². The Labute approximate surface area is 141 Å². The van der Waals surface area contributed by atoms with Crippen molar-refractivity contribution in [2.24, 2.45) is 5.10 Å². The normalized spacial score (nSPS) is 10.7. The first-order valence-electron chi connectivity index (χ1n) is 6.40. The van der Waals surface area contributed by atoms with Crippen molar-refractivity contribution in [3.8, 4) is 11.5 Å². The minimum Gasteiger partial charge on any atom is -0.493 e. The maximum atomic E-state index is 11.7. The van der Waals surface area contributed by atoms with Crippen LogP contribution in [0.4, 0.5) is 0 Å². The summed E-state index contributed by atoms with van der Waals surface area (Å²) in [4.78, 5) is 12.7. The summed E-state index contributed by atoms with van der Waals surface area (Å²) in [5.41, 5.74) is 3.28. The Morgan fingerprint density at radius 3 is 2.73 bits per heavy atom. The molecule has 0 saturated carbocycles. The van der Waals surface area contributed by atoms with Crippen LogP contribution in [0.15, 0.2) is 39.2 Å². The lowest BCUT2D eigenvalue weighted by molar-refractivity contribution is -0.120. The number of ether oxygens (including phenoxy) is 2. The quantitative estimate of drug-likeness (QED) is 0.616. The van der Waals surface area contributed by atoms with E-state index in [2.05, 4.69) is 26.5 Å². The molecule has 1 amide bonds. The smallest absolute Gasteiger partial charge is 0.245 e. The molecule has 1 N–H and O–H groups in total. The Bertz CT molecular complexity index is 672. The number of hydrogen-bond donors (Lipinski definition) is 1.